The number of hydrogen-bond donors (Lipinski definition) is 3. The maximum absolute atomic E-state index is 6.01. The van der Waals surface area contributed by atoms with Crippen LogP contribution in [0.1, 0.15) is 13.8 Å². The second-order valence-electron chi connectivity index (χ2n) is 6.18. The third kappa shape index (κ3) is 6.47. The van der Waals surface area contributed by atoms with E-state index < -0.39 is 8.60 Å². The summed E-state index contributed by atoms with van der Waals surface area (Å²) >= 11 is 0. The van der Waals surface area contributed by atoms with Gasteiger partial charge in [0.05, 0.1) is 0 Å². The average Bonchev–Trinajstić information content (AvgIpc) is 2.73. The van der Waals surface area contributed by atoms with Crippen molar-refractivity contribution < 1.29 is 13.6 Å². The summed E-state index contributed by atoms with van der Waals surface area (Å²) in [6.45, 7) is 5.83. The quantitative estimate of drug-likeness (QED) is 0.285. The minimum absolute atomic E-state index is 0.624. The molecular formula is C22H26N3O3P. The van der Waals surface area contributed by atoms with E-state index in [-0.39, 0.29) is 0 Å². The van der Waals surface area contributed by atoms with Gasteiger partial charge < -0.3 is 29.9 Å². The molecule has 6 nitrogen and oxygen atoms in total. The third-order valence-corrected chi connectivity index (χ3v) is 4.97. The van der Waals surface area contributed by atoms with Gasteiger partial charge in [-0.3, -0.25) is 0 Å². The molecule has 4 N–H and O–H groups in total. The van der Waals surface area contributed by atoms with Crippen molar-refractivity contribution in [3.05, 3.63) is 72.8 Å². The normalized spacial score (nSPS) is 10.4. The molecule has 152 valence electrons. The molecule has 3 aromatic carbocycles. The molecule has 0 fully saturated rings. The van der Waals surface area contributed by atoms with Gasteiger partial charge in [0.2, 0.25) is 0 Å². The molecule has 3 rings (SSSR count). The Kier molecular flexibility index (Phi) is 7.42. The maximum Gasteiger partial charge on any atom is 0.530 e. The Bertz CT molecular complexity index is 820. The highest BCUT2D eigenvalue weighted by atomic mass is 31.2. The van der Waals surface area contributed by atoms with Gasteiger partial charge in [0, 0.05) is 30.2 Å². The minimum atomic E-state index is -1.72. The Morgan fingerprint density at radius 2 is 0.966 bits per heavy atom. The summed E-state index contributed by atoms with van der Waals surface area (Å²) in [6, 6.07) is 22.5. The largest absolute Gasteiger partial charge is 0.530 e. The summed E-state index contributed by atoms with van der Waals surface area (Å²) in [5.41, 5.74) is 8.49. The molecule has 0 heterocycles. The molecule has 0 unspecified atom stereocenters. The second kappa shape index (κ2) is 10.4. The van der Waals surface area contributed by atoms with Crippen LogP contribution in [-0.4, -0.2) is 13.1 Å². The summed E-state index contributed by atoms with van der Waals surface area (Å²) in [5.74, 6) is 1.95. The van der Waals surface area contributed by atoms with Crippen molar-refractivity contribution in [2.24, 2.45) is 0 Å². The predicted molar refractivity (Wildman–Crippen MR) is 121 cm³/mol. The molecule has 29 heavy (non-hydrogen) atoms. The second-order valence-corrected chi connectivity index (χ2v) is 7.17. The van der Waals surface area contributed by atoms with Gasteiger partial charge in [0.1, 0.15) is 17.2 Å². The van der Waals surface area contributed by atoms with Crippen LogP contribution in [0.5, 0.6) is 17.2 Å². The molecule has 0 radical (unpaired) electrons. The number of anilines is 3. The molecule has 0 aromatic heterocycles. The Labute approximate surface area is 173 Å². The molecule has 0 atom stereocenters. The highest BCUT2D eigenvalue weighted by molar-refractivity contribution is 7.43. The number of nitrogens with one attached hydrogen (secondary N) is 2. The zero-order chi connectivity index (χ0) is 20.5. The molecule has 7 heteroatoms. The van der Waals surface area contributed by atoms with Crippen molar-refractivity contribution in [3.63, 3.8) is 0 Å². The van der Waals surface area contributed by atoms with Crippen LogP contribution in [0.2, 0.25) is 0 Å². The van der Waals surface area contributed by atoms with E-state index in [1.807, 2.05) is 48.5 Å². The predicted octanol–water partition coefficient (Wildman–Crippen LogP) is 5.90. The van der Waals surface area contributed by atoms with E-state index in [4.69, 9.17) is 19.3 Å². The maximum atomic E-state index is 6.01. The smallest absolute Gasteiger partial charge is 0.409 e. The van der Waals surface area contributed by atoms with Gasteiger partial charge in [-0.1, -0.05) is 0 Å². The van der Waals surface area contributed by atoms with Gasteiger partial charge in [0.25, 0.3) is 0 Å². The van der Waals surface area contributed by atoms with Crippen LogP contribution < -0.4 is 29.9 Å². The molecule has 0 amide bonds. The van der Waals surface area contributed by atoms with Crippen LogP contribution in [-0.2, 0) is 0 Å². The average molecular weight is 411 g/mol. The fraction of sp³-hybridized carbons (Fsp3) is 0.182. The van der Waals surface area contributed by atoms with Gasteiger partial charge in [0.15, 0.2) is 0 Å². The van der Waals surface area contributed by atoms with E-state index >= 15 is 0 Å². The SMILES string of the molecule is CCNc1ccc(OP(Oc2ccc(N)cc2)Oc2ccc(NCC)cc2)cc1. The van der Waals surface area contributed by atoms with E-state index in [9.17, 15) is 0 Å². The fourth-order valence-electron chi connectivity index (χ4n) is 2.52. The van der Waals surface area contributed by atoms with Crippen LogP contribution in [0.15, 0.2) is 72.8 Å². The summed E-state index contributed by atoms with van der Waals surface area (Å²) in [7, 11) is -1.72. The highest BCUT2D eigenvalue weighted by Gasteiger charge is 2.20. The molecular weight excluding hydrogens is 385 g/mol. The Morgan fingerprint density at radius 1 is 0.621 bits per heavy atom. The Hall–Kier alpha value is -3.11. The van der Waals surface area contributed by atoms with Crippen molar-refractivity contribution >= 4 is 25.7 Å². The lowest BCUT2D eigenvalue weighted by Crippen LogP contribution is -2.03. The van der Waals surface area contributed by atoms with Gasteiger partial charge in [-0.25, -0.2) is 0 Å². The molecule has 0 spiro atoms. The fourth-order valence-corrected chi connectivity index (χ4v) is 3.51. The Balaban J connectivity index is 1.73. The number of rotatable bonds is 10. The van der Waals surface area contributed by atoms with E-state index in [1.54, 1.807) is 24.3 Å². The third-order valence-electron chi connectivity index (χ3n) is 3.89. The lowest BCUT2D eigenvalue weighted by Gasteiger charge is -2.18. The summed E-state index contributed by atoms with van der Waals surface area (Å²) in [5, 5.41) is 6.52. The highest BCUT2D eigenvalue weighted by Crippen LogP contribution is 2.42. The first-order valence-corrected chi connectivity index (χ1v) is 10.6. The number of hydrogen-bond acceptors (Lipinski definition) is 6. The van der Waals surface area contributed by atoms with E-state index in [0.717, 1.165) is 24.5 Å². The minimum Gasteiger partial charge on any atom is -0.409 e. The van der Waals surface area contributed by atoms with Crippen LogP contribution >= 0.6 is 8.60 Å². The van der Waals surface area contributed by atoms with Crippen molar-refractivity contribution in [2.45, 2.75) is 13.8 Å². The lowest BCUT2D eigenvalue weighted by molar-refractivity contribution is 0.388. The zero-order valence-corrected chi connectivity index (χ0v) is 17.5. The van der Waals surface area contributed by atoms with Crippen LogP contribution in [0.4, 0.5) is 17.1 Å². The van der Waals surface area contributed by atoms with Gasteiger partial charge >= 0.3 is 8.60 Å². The van der Waals surface area contributed by atoms with Gasteiger partial charge in [-0.2, -0.15) is 0 Å². The van der Waals surface area contributed by atoms with Crippen molar-refractivity contribution in [1.29, 1.82) is 0 Å². The topological polar surface area (TPSA) is 77.8 Å². The molecule has 0 bridgehead atoms. The molecule has 3 aromatic rings. The molecule has 0 saturated heterocycles. The lowest BCUT2D eigenvalue weighted by atomic mass is 10.3. The molecule has 0 aliphatic rings. The standard InChI is InChI=1S/C22H26N3O3P/c1-3-24-18-7-13-21(14-8-18)27-29(26-20-11-5-17(23)6-12-20)28-22-15-9-19(10-16-22)25-4-2/h5-16,24-25H,3-4,23H2,1-2H3. The van der Waals surface area contributed by atoms with E-state index in [2.05, 4.69) is 24.5 Å². The van der Waals surface area contributed by atoms with Crippen molar-refractivity contribution in [3.8, 4) is 17.2 Å². The van der Waals surface area contributed by atoms with Gasteiger partial charge in [-0.05, 0) is 86.6 Å². The molecule has 0 aliphatic heterocycles. The summed E-state index contributed by atoms with van der Waals surface area (Å²) in [6.07, 6.45) is 0. The summed E-state index contributed by atoms with van der Waals surface area (Å²) in [4.78, 5) is 0. The van der Waals surface area contributed by atoms with Gasteiger partial charge in [-0.15, -0.1) is 0 Å². The first kappa shape index (κ1) is 20.6. The number of benzene rings is 3. The zero-order valence-electron chi connectivity index (χ0n) is 16.6. The Morgan fingerprint density at radius 3 is 1.31 bits per heavy atom. The number of nitrogen functional groups attached to an aromatic ring is 1. The van der Waals surface area contributed by atoms with Crippen LogP contribution in [0.25, 0.3) is 0 Å². The van der Waals surface area contributed by atoms with Crippen molar-refractivity contribution in [2.75, 3.05) is 29.5 Å². The van der Waals surface area contributed by atoms with Crippen LogP contribution in [0.3, 0.4) is 0 Å². The van der Waals surface area contributed by atoms with Crippen molar-refractivity contribution in [1.82, 2.24) is 0 Å². The van der Waals surface area contributed by atoms with E-state index in [1.165, 1.54) is 0 Å². The van der Waals surface area contributed by atoms with Crippen LogP contribution in [0, 0.1) is 0 Å². The first-order chi connectivity index (χ1) is 14.2. The van der Waals surface area contributed by atoms with E-state index in [0.29, 0.717) is 22.9 Å². The number of nitrogens with two attached hydrogens (primary N) is 1. The molecule has 0 aliphatic carbocycles. The molecule has 0 saturated carbocycles. The monoisotopic (exact) mass is 411 g/mol. The summed E-state index contributed by atoms with van der Waals surface area (Å²) < 4.78 is 18.0. The first-order valence-electron chi connectivity index (χ1n) is 9.53.